The van der Waals surface area contributed by atoms with E-state index >= 15 is 0 Å². The lowest BCUT2D eigenvalue weighted by Gasteiger charge is -2.28. The number of thiophene rings is 2. The van der Waals surface area contributed by atoms with Crippen LogP contribution in [-0.2, 0) is 28.1 Å². The van der Waals surface area contributed by atoms with Gasteiger partial charge in [-0.15, -0.1) is 22.7 Å². The number of hydrogen-bond acceptors (Lipinski definition) is 3. The molecule has 0 saturated carbocycles. The van der Waals surface area contributed by atoms with E-state index in [1.54, 1.807) is 22.7 Å². The van der Waals surface area contributed by atoms with Crippen LogP contribution in [0.1, 0.15) is 118 Å². The Hall–Kier alpha value is -3.32. The summed E-state index contributed by atoms with van der Waals surface area (Å²) in [6, 6.07) is 42.6. The Bertz CT molecular complexity index is 2890. The van der Waals surface area contributed by atoms with Crippen molar-refractivity contribution in [3.8, 4) is 0 Å². The van der Waals surface area contributed by atoms with Crippen LogP contribution in [0.15, 0.2) is 137 Å². The van der Waals surface area contributed by atoms with Gasteiger partial charge in [-0.1, -0.05) is 196 Å². The van der Waals surface area contributed by atoms with Gasteiger partial charge in [-0.3, -0.25) is 0 Å². The van der Waals surface area contributed by atoms with Crippen LogP contribution in [0.4, 0.5) is 17.1 Å². The van der Waals surface area contributed by atoms with Crippen LogP contribution in [0.3, 0.4) is 0 Å². The van der Waals surface area contributed by atoms with E-state index in [-0.39, 0.29) is 30.5 Å². The number of nitrogens with zero attached hydrogens (tertiary/aromatic N) is 1. The van der Waals surface area contributed by atoms with Gasteiger partial charge in [0.2, 0.25) is 0 Å². The van der Waals surface area contributed by atoms with E-state index in [4.69, 9.17) is 46.4 Å². The van der Waals surface area contributed by atoms with Crippen LogP contribution < -0.4 is 4.90 Å². The summed E-state index contributed by atoms with van der Waals surface area (Å²) in [4.78, 5) is 2.23. The van der Waals surface area contributed by atoms with Crippen LogP contribution in [0, 0.1) is 7.43 Å². The molecule has 0 atom stereocenters. The maximum Gasteiger partial charge on any atom is 0.0832 e. The first-order valence-corrected chi connectivity index (χ1v) is 26.0. The number of fused-ring (bicyclic) bond motifs is 2. The molecule has 0 spiro atoms. The van der Waals surface area contributed by atoms with E-state index in [0.29, 0.717) is 20.1 Å². The maximum atomic E-state index is 6.74. The predicted molar refractivity (Wildman–Crippen MR) is 304 cm³/mol. The minimum atomic E-state index is 0. The number of halogens is 5. The first-order chi connectivity index (χ1) is 30.3. The van der Waals surface area contributed by atoms with Crippen molar-refractivity contribution in [2.75, 3.05) is 4.90 Å². The van der Waals surface area contributed by atoms with Gasteiger partial charge in [0.15, 0.2) is 0 Å². The second-order valence-electron chi connectivity index (χ2n) is 20.7. The Kier molecular flexibility index (Phi) is 17.5. The van der Waals surface area contributed by atoms with Gasteiger partial charge < -0.3 is 13.8 Å². The first-order valence-electron chi connectivity index (χ1n) is 21.9. The van der Waals surface area contributed by atoms with Gasteiger partial charge in [0.1, 0.15) is 0 Å². The Morgan fingerprint density at radius 1 is 0.485 bits per heavy atom. The molecule has 2 aromatic heterocycles. The van der Waals surface area contributed by atoms with Crippen LogP contribution in [-0.4, -0.2) is 0 Å². The van der Waals surface area contributed by atoms with Crippen molar-refractivity contribution < 1.29 is 1.43 Å². The fourth-order valence-electron chi connectivity index (χ4n) is 7.33. The molecule has 0 radical (unpaired) electrons. The number of anilines is 3. The SMILES string of the molecule is CC(C)(C)c1ccc(Cc2cccc(Cl)c2Cl)cc1.CC(C)(C)c1ccc(N(c2cccc(Cl)c2Cl)c2csc3ccc(C(C)(C)C)cc23)cc1.CC(C)(C)c1ccc2scc(Br)c2c1.[CH3-].[H-]. The molecule has 0 amide bonds. The third-order valence-corrected chi connectivity index (χ3v) is 16.0. The van der Waals surface area contributed by atoms with Crippen LogP contribution >= 0.6 is 85.0 Å². The number of rotatable bonds is 5. The van der Waals surface area contributed by atoms with Crippen molar-refractivity contribution in [3.05, 3.63) is 197 Å². The van der Waals surface area contributed by atoms with Crippen LogP contribution in [0.25, 0.3) is 20.2 Å². The molecule has 0 saturated heterocycles. The summed E-state index contributed by atoms with van der Waals surface area (Å²) in [6.45, 7) is 26.8. The second-order valence-corrected chi connectivity index (χ2v) is 24.9. The van der Waals surface area contributed by atoms with E-state index in [2.05, 4.69) is 200 Å². The normalized spacial score (nSPS) is 12.0. The lowest BCUT2D eigenvalue weighted by molar-refractivity contribution is 0.590. The summed E-state index contributed by atoms with van der Waals surface area (Å²) in [5, 5.41) is 9.30. The largest absolute Gasteiger partial charge is 1.00 e. The second kappa shape index (κ2) is 21.5. The molecule has 0 bridgehead atoms. The number of hydrogen-bond donors (Lipinski definition) is 0. The topological polar surface area (TPSA) is 3.24 Å². The molecule has 0 unspecified atom stereocenters. The van der Waals surface area contributed by atoms with E-state index in [0.717, 1.165) is 29.0 Å². The standard InChI is InChI=1S/C28H29Cl2NS.C17H18Cl2.C12H13BrS.CH3.H/c1-27(2,3)18-10-13-20(14-11-18)31(23-9-7-8-22(29)26(23)30)24-17-32-25-15-12-19(16-21(24)25)28(4,5)6;1-17(2,3)14-9-7-12(8-10-14)11-13-5-4-6-15(18)16(13)19;1-12(2,3)8-4-5-11-9(6-8)10(13)7-14-11;;/h7-17H,1-6H3;4-10H,11H2,1-3H3;4-7H,1-3H3;1H3;/q;;;2*-1. The highest BCUT2D eigenvalue weighted by atomic mass is 79.9. The molecule has 0 aliphatic rings. The van der Waals surface area contributed by atoms with Crippen LogP contribution in [0.2, 0.25) is 20.1 Å². The highest BCUT2D eigenvalue weighted by molar-refractivity contribution is 9.10. The highest BCUT2D eigenvalue weighted by Gasteiger charge is 2.23. The van der Waals surface area contributed by atoms with E-state index in [1.165, 1.54) is 52.5 Å². The van der Waals surface area contributed by atoms with Crippen molar-refractivity contribution in [3.63, 3.8) is 0 Å². The Labute approximate surface area is 433 Å². The molecule has 6 aromatic carbocycles. The average Bonchev–Trinajstić information content (AvgIpc) is 3.83. The molecule has 66 heavy (non-hydrogen) atoms. The van der Waals surface area contributed by atoms with Crippen molar-refractivity contribution in [2.24, 2.45) is 0 Å². The minimum Gasteiger partial charge on any atom is -1.00 e. The Balaban J connectivity index is 0.000000238. The molecule has 0 aliphatic heterocycles. The summed E-state index contributed by atoms with van der Waals surface area (Å²) in [5.74, 6) is 0. The Morgan fingerprint density at radius 2 is 0.924 bits per heavy atom. The zero-order valence-corrected chi connectivity index (χ0v) is 46.8. The monoisotopic (exact) mass is 1060 g/mol. The van der Waals surface area contributed by atoms with Crippen LogP contribution in [0.5, 0.6) is 0 Å². The molecule has 8 rings (SSSR count). The van der Waals surface area contributed by atoms with Crippen molar-refractivity contribution in [2.45, 2.75) is 111 Å². The summed E-state index contributed by atoms with van der Waals surface area (Å²) in [5.41, 5.74) is 11.3. The highest BCUT2D eigenvalue weighted by Crippen LogP contribution is 2.47. The zero-order valence-electron chi connectivity index (χ0n) is 41.6. The maximum absolute atomic E-state index is 6.74. The fraction of sp³-hybridized carbons (Fsp3) is 0.293. The molecule has 0 aliphatic carbocycles. The van der Waals surface area contributed by atoms with E-state index in [9.17, 15) is 0 Å². The summed E-state index contributed by atoms with van der Waals surface area (Å²) >= 11 is 32.5. The average molecular weight is 1060 g/mol. The molecule has 1 nitrogen and oxygen atoms in total. The van der Waals surface area contributed by atoms with Gasteiger partial charge in [-0.25, -0.2) is 0 Å². The third-order valence-electron chi connectivity index (χ3n) is 11.5. The summed E-state index contributed by atoms with van der Waals surface area (Å²) in [6.07, 6.45) is 0.809. The fourth-order valence-corrected chi connectivity index (χ4v) is 10.5. The lowest BCUT2D eigenvalue weighted by atomic mass is 9.86. The molecule has 2 heterocycles. The van der Waals surface area contributed by atoms with Gasteiger partial charge in [-0.05, 0) is 132 Å². The molecule has 350 valence electrons. The van der Waals surface area contributed by atoms with E-state index in [1.807, 2.05) is 36.4 Å². The van der Waals surface area contributed by atoms with Gasteiger partial charge in [0.05, 0.1) is 31.5 Å². The zero-order chi connectivity index (χ0) is 47.6. The molecule has 0 fully saturated rings. The smallest absolute Gasteiger partial charge is 0.0832 e. The van der Waals surface area contributed by atoms with Crippen molar-refractivity contribution in [1.82, 2.24) is 0 Å². The minimum absolute atomic E-state index is 0. The van der Waals surface area contributed by atoms with Gasteiger partial charge in [0.25, 0.3) is 0 Å². The van der Waals surface area contributed by atoms with E-state index < -0.39 is 0 Å². The predicted octanol–water partition coefficient (Wildman–Crippen LogP) is 21.7. The third kappa shape index (κ3) is 13.1. The molecule has 8 aromatic rings. The van der Waals surface area contributed by atoms with Gasteiger partial charge >= 0.3 is 0 Å². The lowest BCUT2D eigenvalue weighted by Crippen LogP contribution is -2.13. The quantitative estimate of drug-likeness (QED) is 0.155. The van der Waals surface area contributed by atoms with Gasteiger partial charge in [0, 0.05) is 41.1 Å². The molecular formula is C58H64BrCl4NS2-2. The molecule has 0 N–H and O–H groups in total. The van der Waals surface area contributed by atoms with Crippen molar-refractivity contribution in [1.29, 1.82) is 0 Å². The number of benzene rings is 6. The summed E-state index contributed by atoms with van der Waals surface area (Å²) in [7, 11) is 0. The molecule has 8 heteroatoms. The summed E-state index contributed by atoms with van der Waals surface area (Å²) < 4.78 is 3.82. The van der Waals surface area contributed by atoms with Crippen molar-refractivity contribution >= 4 is 122 Å². The first kappa shape index (κ1) is 53.6. The van der Waals surface area contributed by atoms with Gasteiger partial charge in [-0.2, -0.15) is 0 Å². The molecular weight excluding hydrogens is 996 g/mol. The Morgan fingerprint density at radius 3 is 1.45 bits per heavy atom.